The molecule has 0 bridgehead atoms. The third-order valence-corrected chi connectivity index (χ3v) is 6.45. The Hall–Kier alpha value is 0.270. The molecule has 0 spiro atoms. The molecule has 19 heavy (non-hydrogen) atoms. The highest BCUT2D eigenvalue weighted by Crippen LogP contribution is 2.47. The number of hydrogen-bond acceptors (Lipinski definition) is 3. The first-order valence-corrected chi connectivity index (χ1v) is 9.02. The molecule has 3 heteroatoms. The van der Waals surface area contributed by atoms with Crippen LogP contribution in [0.2, 0.25) is 0 Å². The lowest BCUT2D eigenvalue weighted by atomic mass is 9.63. The van der Waals surface area contributed by atoms with Crippen molar-refractivity contribution < 1.29 is 0 Å². The zero-order chi connectivity index (χ0) is 14.1. The van der Waals surface area contributed by atoms with Crippen LogP contribution in [-0.4, -0.2) is 41.1 Å². The molecule has 3 atom stereocenters. The molecule has 0 aromatic carbocycles. The summed E-state index contributed by atoms with van der Waals surface area (Å²) >= 11 is 2.16. The van der Waals surface area contributed by atoms with E-state index in [2.05, 4.69) is 44.4 Å². The summed E-state index contributed by atoms with van der Waals surface area (Å²) in [5.74, 6) is 2.09. The summed E-state index contributed by atoms with van der Waals surface area (Å²) < 4.78 is 0. The molecule has 1 saturated carbocycles. The minimum Gasteiger partial charge on any atom is -0.329 e. The Morgan fingerprint density at radius 1 is 1.32 bits per heavy atom. The van der Waals surface area contributed by atoms with E-state index in [1.165, 1.54) is 44.5 Å². The first kappa shape index (κ1) is 15.7. The zero-order valence-electron chi connectivity index (χ0n) is 13.2. The van der Waals surface area contributed by atoms with Crippen LogP contribution in [0.15, 0.2) is 0 Å². The molecule has 2 fully saturated rings. The third-order valence-electron chi connectivity index (χ3n) is 5.08. The minimum atomic E-state index is 0.273. The van der Waals surface area contributed by atoms with E-state index in [-0.39, 0.29) is 5.54 Å². The van der Waals surface area contributed by atoms with Gasteiger partial charge in [0.25, 0.3) is 0 Å². The Labute approximate surface area is 123 Å². The van der Waals surface area contributed by atoms with Crippen molar-refractivity contribution in [1.82, 2.24) is 4.90 Å². The summed E-state index contributed by atoms with van der Waals surface area (Å²) in [5, 5.41) is 0.817. The molecule has 2 N–H and O–H groups in total. The topological polar surface area (TPSA) is 29.3 Å². The van der Waals surface area contributed by atoms with Crippen LogP contribution < -0.4 is 5.73 Å². The van der Waals surface area contributed by atoms with Crippen molar-refractivity contribution in [3.8, 4) is 0 Å². The van der Waals surface area contributed by atoms with Crippen molar-refractivity contribution in [3.05, 3.63) is 0 Å². The van der Waals surface area contributed by atoms with E-state index in [0.717, 1.165) is 17.7 Å². The van der Waals surface area contributed by atoms with E-state index in [1.807, 2.05) is 0 Å². The van der Waals surface area contributed by atoms with Gasteiger partial charge in [0, 0.05) is 36.2 Å². The van der Waals surface area contributed by atoms with Gasteiger partial charge in [-0.15, -0.1) is 0 Å². The molecule has 0 amide bonds. The highest BCUT2D eigenvalue weighted by Gasteiger charge is 2.46. The summed E-state index contributed by atoms with van der Waals surface area (Å²) in [6.07, 6.45) is 5.23. The molecular formula is C16H32N2S. The van der Waals surface area contributed by atoms with Crippen LogP contribution >= 0.6 is 11.8 Å². The monoisotopic (exact) mass is 284 g/mol. The maximum absolute atomic E-state index is 6.29. The maximum Gasteiger partial charge on any atom is 0.0340 e. The van der Waals surface area contributed by atoms with Gasteiger partial charge in [0.2, 0.25) is 0 Å². The van der Waals surface area contributed by atoms with Gasteiger partial charge in [0.1, 0.15) is 0 Å². The van der Waals surface area contributed by atoms with Gasteiger partial charge in [-0.1, -0.05) is 27.7 Å². The largest absolute Gasteiger partial charge is 0.329 e. The fraction of sp³-hybridized carbons (Fsp3) is 1.00. The van der Waals surface area contributed by atoms with E-state index in [9.17, 15) is 0 Å². The van der Waals surface area contributed by atoms with E-state index >= 15 is 0 Å². The van der Waals surface area contributed by atoms with Crippen LogP contribution in [-0.2, 0) is 0 Å². The summed E-state index contributed by atoms with van der Waals surface area (Å²) in [6, 6.07) is 0. The average molecular weight is 285 g/mol. The van der Waals surface area contributed by atoms with E-state index in [1.54, 1.807) is 0 Å². The lowest BCUT2D eigenvalue weighted by molar-refractivity contribution is -0.00998. The van der Waals surface area contributed by atoms with Crippen molar-refractivity contribution >= 4 is 11.8 Å². The normalized spacial score (nSPS) is 40.3. The number of hydrogen-bond donors (Lipinski definition) is 1. The summed E-state index contributed by atoms with van der Waals surface area (Å²) in [5.41, 5.74) is 7.01. The highest BCUT2D eigenvalue weighted by atomic mass is 32.2. The van der Waals surface area contributed by atoms with Gasteiger partial charge < -0.3 is 5.73 Å². The number of thioether (sulfide) groups is 1. The fourth-order valence-corrected chi connectivity index (χ4v) is 5.80. The van der Waals surface area contributed by atoms with Crippen LogP contribution in [0, 0.1) is 11.3 Å². The van der Waals surface area contributed by atoms with Crippen LogP contribution in [0.3, 0.4) is 0 Å². The first-order valence-electron chi connectivity index (χ1n) is 7.97. The molecule has 0 radical (unpaired) electrons. The quantitative estimate of drug-likeness (QED) is 0.861. The molecule has 2 rings (SSSR count). The molecule has 0 aromatic heterocycles. The average Bonchev–Trinajstić information content (AvgIpc) is 2.36. The zero-order valence-corrected chi connectivity index (χ0v) is 14.1. The first-order chi connectivity index (χ1) is 8.91. The summed E-state index contributed by atoms with van der Waals surface area (Å²) in [7, 11) is 0. The van der Waals surface area contributed by atoms with Crippen molar-refractivity contribution in [2.24, 2.45) is 17.1 Å². The van der Waals surface area contributed by atoms with Gasteiger partial charge in [-0.05, 0) is 37.0 Å². The predicted molar refractivity (Wildman–Crippen MR) is 86.7 cm³/mol. The molecule has 1 aliphatic heterocycles. The SMILES string of the molecule is CCC1CN(C2(CN)CC(C)CC(C)(C)C2)CCS1. The highest BCUT2D eigenvalue weighted by molar-refractivity contribution is 8.00. The van der Waals surface area contributed by atoms with Gasteiger partial charge in [0.05, 0.1) is 0 Å². The molecule has 2 aliphatic rings. The van der Waals surface area contributed by atoms with Crippen LogP contribution in [0.4, 0.5) is 0 Å². The van der Waals surface area contributed by atoms with E-state index in [0.29, 0.717) is 5.41 Å². The third kappa shape index (κ3) is 3.48. The number of nitrogens with two attached hydrogens (primary N) is 1. The molecular weight excluding hydrogens is 252 g/mol. The smallest absolute Gasteiger partial charge is 0.0340 e. The Bertz CT molecular complexity index is 305. The standard InChI is InChI=1S/C16H32N2S/c1-5-14-10-18(6-7-19-14)16(12-17)9-13(2)8-15(3,4)11-16/h13-14H,5-12,17H2,1-4H3. The minimum absolute atomic E-state index is 0.273. The molecule has 1 heterocycles. The van der Waals surface area contributed by atoms with Gasteiger partial charge in [-0.25, -0.2) is 0 Å². The van der Waals surface area contributed by atoms with Gasteiger partial charge >= 0.3 is 0 Å². The Balaban J connectivity index is 2.16. The second-order valence-electron chi connectivity index (χ2n) is 7.63. The molecule has 112 valence electrons. The lowest BCUT2D eigenvalue weighted by Gasteiger charge is -2.54. The molecule has 2 nitrogen and oxygen atoms in total. The fourth-order valence-electron chi connectivity index (χ4n) is 4.62. The molecule has 1 saturated heterocycles. The Morgan fingerprint density at radius 2 is 2.05 bits per heavy atom. The van der Waals surface area contributed by atoms with Gasteiger partial charge in [-0.2, -0.15) is 11.8 Å². The van der Waals surface area contributed by atoms with Crippen molar-refractivity contribution in [1.29, 1.82) is 0 Å². The second-order valence-corrected chi connectivity index (χ2v) is 9.04. The van der Waals surface area contributed by atoms with E-state index < -0.39 is 0 Å². The van der Waals surface area contributed by atoms with Crippen LogP contribution in [0.1, 0.15) is 53.4 Å². The predicted octanol–water partition coefficient (Wildman–Crippen LogP) is 3.36. The van der Waals surface area contributed by atoms with Crippen molar-refractivity contribution in [2.45, 2.75) is 64.2 Å². The summed E-state index contributed by atoms with van der Waals surface area (Å²) in [4.78, 5) is 2.76. The molecule has 0 aromatic rings. The van der Waals surface area contributed by atoms with E-state index in [4.69, 9.17) is 5.73 Å². The van der Waals surface area contributed by atoms with Crippen molar-refractivity contribution in [3.63, 3.8) is 0 Å². The summed E-state index contributed by atoms with van der Waals surface area (Å²) in [6.45, 7) is 12.9. The maximum atomic E-state index is 6.29. The van der Waals surface area contributed by atoms with Crippen molar-refractivity contribution in [2.75, 3.05) is 25.4 Å². The van der Waals surface area contributed by atoms with Gasteiger partial charge in [0.15, 0.2) is 0 Å². The van der Waals surface area contributed by atoms with Gasteiger partial charge in [-0.3, -0.25) is 4.90 Å². The van der Waals surface area contributed by atoms with Crippen LogP contribution in [0.25, 0.3) is 0 Å². The second kappa shape index (κ2) is 5.95. The molecule has 1 aliphatic carbocycles. The number of nitrogens with zero attached hydrogens (tertiary/aromatic N) is 1. The lowest BCUT2D eigenvalue weighted by Crippen LogP contribution is -2.61. The van der Waals surface area contributed by atoms with Crippen LogP contribution in [0.5, 0.6) is 0 Å². The number of rotatable bonds is 3. The Morgan fingerprint density at radius 3 is 2.63 bits per heavy atom. The Kier molecular flexibility index (Phi) is 4.90. The molecule has 3 unspecified atom stereocenters.